The number of rotatable bonds is 11. The minimum absolute atomic E-state index is 0.0278. The van der Waals surface area contributed by atoms with Gasteiger partial charge in [-0.2, -0.15) is 8.42 Å². The highest BCUT2D eigenvalue weighted by Crippen LogP contribution is 2.33. The highest BCUT2D eigenvalue weighted by molar-refractivity contribution is 7.91. The smallest absolute Gasteiger partial charge is 0.330 e. The number of nitrogens with one attached hydrogen (secondary N) is 2. The zero-order valence-electron chi connectivity index (χ0n) is 18.9. The molecule has 0 aromatic heterocycles. The molecule has 0 aliphatic carbocycles. The molecule has 2 aromatic carbocycles. The van der Waals surface area contributed by atoms with Crippen molar-refractivity contribution in [2.75, 3.05) is 23.7 Å². The van der Waals surface area contributed by atoms with Gasteiger partial charge >= 0.3 is 10.2 Å². The van der Waals surface area contributed by atoms with Gasteiger partial charge in [0, 0.05) is 19.2 Å². The number of phenols is 2. The monoisotopic (exact) mass is 525 g/mol. The van der Waals surface area contributed by atoms with Crippen LogP contribution < -0.4 is 19.1 Å². The van der Waals surface area contributed by atoms with Crippen LogP contribution in [0.15, 0.2) is 53.4 Å². The summed E-state index contributed by atoms with van der Waals surface area (Å²) in [4.78, 5) is 12.4. The molecule has 13 heteroatoms. The van der Waals surface area contributed by atoms with E-state index in [4.69, 9.17) is 4.74 Å². The number of anilines is 1. The lowest BCUT2D eigenvalue weighted by atomic mass is 10.1. The van der Waals surface area contributed by atoms with E-state index in [-0.39, 0.29) is 34.4 Å². The summed E-state index contributed by atoms with van der Waals surface area (Å²) in [5.74, 6) is -0.743. The van der Waals surface area contributed by atoms with E-state index in [2.05, 4.69) is 5.32 Å². The molecule has 1 unspecified atom stereocenters. The summed E-state index contributed by atoms with van der Waals surface area (Å²) in [6, 6.07) is 9.07. The molecule has 11 nitrogen and oxygen atoms in total. The van der Waals surface area contributed by atoms with Crippen LogP contribution in [0, 0.1) is 0 Å². The van der Waals surface area contributed by atoms with Crippen molar-refractivity contribution in [3.63, 3.8) is 0 Å². The second-order valence-electron chi connectivity index (χ2n) is 7.70. The van der Waals surface area contributed by atoms with Gasteiger partial charge < -0.3 is 25.4 Å². The molecule has 0 saturated carbocycles. The number of hydrogen-bond acceptors (Lipinski definition) is 8. The highest BCUT2D eigenvalue weighted by Gasteiger charge is 2.30. The Morgan fingerprint density at radius 1 is 1.14 bits per heavy atom. The third kappa shape index (κ3) is 6.79. The van der Waals surface area contributed by atoms with Gasteiger partial charge in [0.1, 0.15) is 27.8 Å². The van der Waals surface area contributed by atoms with E-state index < -0.39 is 26.9 Å². The topological polar surface area (TPSA) is 165 Å². The fourth-order valence-electron chi connectivity index (χ4n) is 3.39. The lowest BCUT2D eigenvalue weighted by molar-refractivity contribution is -0.121. The fraction of sp³-hybridized carbons (Fsp3) is 0.318. The van der Waals surface area contributed by atoms with Crippen molar-refractivity contribution >= 4 is 32.6 Å². The Balaban J connectivity index is 1.39. The molecule has 0 spiro atoms. The van der Waals surface area contributed by atoms with Gasteiger partial charge in [-0.3, -0.25) is 9.00 Å². The van der Waals surface area contributed by atoms with Crippen LogP contribution in [0.1, 0.15) is 24.8 Å². The second-order valence-corrected chi connectivity index (χ2v) is 10.6. The molecular weight excluding hydrogens is 498 g/mol. The summed E-state index contributed by atoms with van der Waals surface area (Å²) < 4.78 is 43.9. The van der Waals surface area contributed by atoms with Crippen LogP contribution in [0.4, 0.5) is 5.69 Å². The van der Waals surface area contributed by atoms with Crippen molar-refractivity contribution in [1.29, 1.82) is 0 Å². The number of aliphatic hydroxyl groups is 1. The van der Waals surface area contributed by atoms with Crippen LogP contribution >= 0.6 is 0 Å². The standard InChI is InChI=1S/C22H27N3O8S2/c1-34(30)22-17(26)5-4-6-19(22)33-12-3-2-11-23-20(28)10-8-15-7-9-16(18(27)13-15)25-14-21(29)24-35(25,31)32/h4-7,9,13-14,24,26-27,29H,2-3,8,10-12H2,1H3,(H,23,28). The minimum Gasteiger partial charge on any atom is -0.507 e. The van der Waals surface area contributed by atoms with Crippen LogP contribution in [-0.4, -0.2) is 53.3 Å². The van der Waals surface area contributed by atoms with Gasteiger partial charge in [-0.05, 0) is 49.1 Å². The maximum Gasteiger partial charge on any atom is 0.330 e. The highest BCUT2D eigenvalue weighted by atomic mass is 32.2. The zero-order valence-corrected chi connectivity index (χ0v) is 20.6. The number of unbranched alkanes of at least 4 members (excludes halogenated alkanes) is 1. The lowest BCUT2D eigenvalue weighted by Gasteiger charge is -2.16. The molecule has 0 bridgehead atoms. The summed E-state index contributed by atoms with van der Waals surface area (Å²) in [5.41, 5.74) is 0.614. The number of phenolic OH excluding ortho intramolecular Hbond substituents is 2. The average Bonchev–Trinajstić information content (AvgIpc) is 3.06. The van der Waals surface area contributed by atoms with Gasteiger partial charge in [-0.25, -0.2) is 9.03 Å². The third-order valence-corrected chi connectivity index (χ3v) is 7.32. The molecule has 3 rings (SSSR count). The Morgan fingerprint density at radius 2 is 1.91 bits per heavy atom. The quantitative estimate of drug-likeness (QED) is 0.277. The van der Waals surface area contributed by atoms with Crippen molar-refractivity contribution in [1.82, 2.24) is 10.0 Å². The number of amides is 1. The van der Waals surface area contributed by atoms with Crippen LogP contribution in [0.3, 0.4) is 0 Å². The SMILES string of the molecule is CS(=O)c1c(O)cccc1OCCCCNC(=O)CCc1ccc(N2C=C(O)NS2(=O)=O)c(O)c1. The van der Waals surface area contributed by atoms with Gasteiger partial charge in [0.25, 0.3) is 0 Å². The first kappa shape index (κ1) is 26.2. The maximum absolute atomic E-state index is 12.1. The molecule has 190 valence electrons. The molecule has 5 N–H and O–H groups in total. The van der Waals surface area contributed by atoms with Crippen molar-refractivity contribution in [2.24, 2.45) is 0 Å². The van der Waals surface area contributed by atoms with Crippen molar-refractivity contribution in [3.05, 3.63) is 54.0 Å². The molecular formula is C22H27N3O8S2. The number of benzene rings is 2. The van der Waals surface area contributed by atoms with Crippen LogP contribution in [0.2, 0.25) is 0 Å². The largest absolute Gasteiger partial charge is 0.507 e. The van der Waals surface area contributed by atoms with Gasteiger partial charge in [0.15, 0.2) is 0 Å². The van der Waals surface area contributed by atoms with Gasteiger partial charge in [-0.1, -0.05) is 12.1 Å². The van der Waals surface area contributed by atoms with E-state index in [1.54, 1.807) is 18.2 Å². The Morgan fingerprint density at radius 3 is 2.57 bits per heavy atom. The van der Waals surface area contributed by atoms with Crippen LogP contribution in [-0.2, 0) is 32.2 Å². The number of hydrogen-bond donors (Lipinski definition) is 5. The van der Waals surface area contributed by atoms with Gasteiger partial charge in [-0.15, -0.1) is 0 Å². The van der Waals surface area contributed by atoms with Crippen LogP contribution in [0.5, 0.6) is 17.2 Å². The number of nitrogens with zero attached hydrogens (tertiary/aromatic N) is 1. The molecule has 1 heterocycles. The molecule has 2 aromatic rings. The van der Waals surface area contributed by atoms with E-state index in [0.717, 1.165) is 10.5 Å². The Bertz CT molecular complexity index is 1250. The first-order chi connectivity index (χ1) is 16.6. The predicted octanol–water partition coefficient (Wildman–Crippen LogP) is 1.75. The lowest BCUT2D eigenvalue weighted by Crippen LogP contribution is -2.29. The Kier molecular flexibility index (Phi) is 8.46. The Labute approximate surface area is 205 Å². The van der Waals surface area contributed by atoms with Crippen LogP contribution in [0.25, 0.3) is 0 Å². The molecule has 1 aliphatic heterocycles. The zero-order chi connectivity index (χ0) is 25.6. The summed E-state index contributed by atoms with van der Waals surface area (Å²) in [5, 5.41) is 32.2. The van der Waals surface area contributed by atoms with Gasteiger partial charge in [0.05, 0.1) is 23.6 Å². The first-order valence-electron chi connectivity index (χ1n) is 10.7. The minimum atomic E-state index is -4.01. The molecule has 35 heavy (non-hydrogen) atoms. The van der Waals surface area contributed by atoms with E-state index in [9.17, 15) is 32.7 Å². The summed E-state index contributed by atoms with van der Waals surface area (Å²) in [6.07, 6.45) is 4.21. The van der Waals surface area contributed by atoms with Crippen molar-refractivity contribution in [3.8, 4) is 17.2 Å². The average molecular weight is 526 g/mol. The number of carbonyl (C=O) groups is 1. The molecule has 1 atom stereocenters. The second kappa shape index (κ2) is 11.3. The summed E-state index contributed by atoms with van der Waals surface area (Å²) in [7, 11) is -5.39. The first-order valence-corrected chi connectivity index (χ1v) is 13.7. The third-order valence-electron chi connectivity index (χ3n) is 5.05. The number of aliphatic hydroxyl groups excluding tert-OH is 1. The number of aromatic hydroxyl groups is 2. The van der Waals surface area contributed by atoms with Crippen molar-refractivity contribution in [2.45, 2.75) is 30.6 Å². The number of ether oxygens (including phenoxy) is 1. The molecule has 0 saturated heterocycles. The molecule has 1 aliphatic rings. The molecule has 0 radical (unpaired) electrons. The number of aryl methyl sites for hydroxylation is 1. The van der Waals surface area contributed by atoms with E-state index in [1.807, 2.05) is 4.72 Å². The number of carbonyl (C=O) groups excluding carboxylic acids is 1. The van der Waals surface area contributed by atoms with E-state index in [0.29, 0.717) is 43.7 Å². The van der Waals surface area contributed by atoms with E-state index in [1.165, 1.54) is 24.5 Å². The predicted molar refractivity (Wildman–Crippen MR) is 130 cm³/mol. The maximum atomic E-state index is 12.1. The fourth-order valence-corrected chi connectivity index (χ4v) is 5.23. The Hall–Kier alpha value is -3.45. The molecule has 0 fully saturated rings. The van der Waals surface area contributed by atoms with Gasteiger partial charge in [0.2, 0.25) is 11.8 Å². The normalized spacial score (nSPS) is 15.2. The summed E-state index contributed by atoms with van der Waals surface area (Å²) >= 11 is 0. The van der Waals surface area contributed by atoms with Crippen molar-refractivity contribution < 1.29 is 37.5 Å². The van der Waals surface area contributed by atoms with E-state index >= 15 is 0 Å². The summed E-state index contributed by atoms with van der Waals surface area (Å²) in [6.45, 7) is 0.777. The molecule has 1 amide bonds.